The fourth-order valence-electron chi connectivity index (χ4n) is 6.76. The van der Waals surface area contributed by atoms with Crippen LogP contribution in [-0.4, -0.2) is 36.2 Å². The minimum Gasteiger partial charge on any atom is -0.478 e. The third-order valence-electron chi connectivity index (χ3n) is 9.55. The Morgan fingerprint density at radius 2 is 0.837 bits per heavy atom. The van der Waals surface area contributed by atoms with Crippen molar-refractivity contribution in [3.05, 3.63) is 70.4 Å². The van der Waals surface area contributed by atoms with Crippen molar-refractivity contribution in [2.45, 2.75) is 168 Å². The predicted molar refractivity (Wildman–Crippen MR) is 201 cm³/mol. The summed E-state index contributed by atoms with van der Waals surface area (Å²) in [4.78, 5) is 34.8. The lowest BCUT2D eigenvalue weighted by atomic mass is 9.81. The minimum atomic E-state index is -0.695. The number of esters is 2. The molecule has 3 aliphatic carbocycles. The second-order valence-corrected chi connectivity index (χ2v) is 14.1. The summed E-state index contributed by atoms with van der Waals surface area (Å²) in [6.45, 7) is 9.95. The molecule has 0 amide bonds. The van der Waals surface area contributed by atoms with Crippen LogP contribution in [0.5, 0.6) is 0 Å². The molecule has 49 heavy (non-hydrogen) atoms. The van der Waals surface area contributed by atoms with Crippen molar-refractivity contribution in [1.82, 2.24) is 0 Å². The van der Waals surface area contributed by atoms with Crippen molar-refractivity contribution in [1.29, 1.82) is 0 Å². The van der Waals surface area contributed by atoms with E-state index in [1.165, 1.54) is 120 Å². The van der Waals surface area contributed by atoms with E-state index in [-0.39, 0.29) is 13.2 Å². The molecule has 6 heteroatoms. The number of hydrogen-bond donors (Lipinski definition) is 1. The summed E-state index contributed by atoms with van der Waals surface area (Å²) in [7, 11) is 0. The van der Waals surface area contributed by atoms with Crippen LogP contribution in [0.1, 0.15) is 168 Å². The molecule has 0 radical (unpaired) electrons. The van der Waals surface area contributed by atoms with Gasteiger partial charge >= 0.3 is 17.9 Å². The summed E-state index contributed by atoms with van der Waals surface area (Å²) in [6, 6.07) is 0. The van der Waals surface area contributed by atoms with Gasteiger partial charge in [0.25, 0.3) is 0 Å². The molecule has 0 aromatic rings. The molecule has 0 aromatic heterocycles. The minimum absolute atomic E-state index is 0.0325. The Morgan fingerprint density at radius 3 is 1.18 bits per heavy atom. The summed E-state index contributed by atoms with van der Waals surface area (Å²) in [6.07, 6.45) is 36.2. The number of carbonyl (C=O) groups excluding carboxylic acids is 2. The van der Waals surface area contributed by atoms with Crippen molar-refractivity contribution < 1.29 is 29.0 Å². The van der Waals surface area contributed by atoms with Crippen LogP contribution in [0, 0.1) is 0 Å². The Balaban J connectivity index is 0.000000502. The molecule has 0 fully saturated rings. The van der Waals surface area contributed by atoms with Gasteiger partial charge in [-0.1, -0.05) is 108 Å². The van der Waals surface area contributed by atoms with E-state index in [4.69, 9.17) is 0 Å². The standard InChI is InChI=1S/C33H52O2.C10H14O4/c34-33(35)32(30-26-20-14-8-3-9-15-21-27-30)31(28-22-16-10-4-1-5-11-17-23-28)29-24-18-12-6-2-7-13-19-25-29;1-7(2)9(11)13-5-6-14-10(12)8(3)4/h22,24,26H,1-21,23,25,27H2,(H,34,35);1,3,5-6H2,2,4H3/b28-22+,29-24+,30-26+;. The maximum Gasteiger partial charge on any atom is 0.336 e. The summed E-state index contributed by atoms with van der Waals surface area (Å²) in [5, 5.41) is 10.7. The van der Waals surface area contributed by atoms with E-state index in [1.54, 1.807) is 13.8 Å². The van der Waals surface area contributed by atoms with Crippen LogP contribution in [0.4, 0.5) is 0 Å². The Labute approximate surface area is 297 Å². The van der Waals surface area contributed by atoms with Crippen LogP contribution in [0.15, 0.2) is 70.4 Å². The molecule has 0 saturated carbocycles. The van der Waals surface area contributed by atoms with Crippen LogP contribution in [0.3, 0.4) is 0 Å². The first-order valence-corrected chi connectivity index (χ1v) is 19.4. The second kappa shape index (κ2) is 25.8. The van der Waals surface area contributed by atoms with E-state index in [9.17, 15) is 19.5 Å². The van der Waals surface area contributed by atoms with Crippen LogP contribution >= 0.6 is 0 Å². The van der Waals surface area contributed by atoms with Gasteiger partial charge in [0.1, 0.15) is 13.2 Å². The number of allylic oxidation sites excluding steroid dienone is 6. The molecule has 3 rings (SSSR count). The van der Waals surface area contributed by atoms with Crippen LogP contribution in [0.2, 0.25) is 0 Å². The summed E-state index contributed by atoms with van der Waals surface area (Å²) < 4.78 is 9.38. The summed E-state index contributed by atoms with van der Waals surface area (Å²) in [5.74, 6) is -1.67. The molecule has 0 heterocycles. The zero-order valence-corrected chi connectivity index (χ0v) is 31.0. The van der Waals surface area contributed by atoms with Crippen molar-refractivity contribution >= 4 is 17.9 Å². The topological polar surface area (TPSA) is 89.9 Å². The third-order valence-corrected chi connectivity index (χ3v) is 9.55. The molecule has 1 N–H and O–H groups in total. The zero-order valence-electron chi connectivity index (χ0n) is 31.0. The molecule has 0 saturated heterocycles. The number of aliphatic carboxylic acids is 1. The first kappa shape index (κ1) is 42.0. The van der Waals surface area contributed by atoms with E-state index in [0.717, 1.165) is 56.1 Å². The van der Waals surface area contributed by atoms with Gasteiger partial charge in [-0.15, -0.1) is 0 Å². The predicted octanol–water partition coefficient (Wildman–Crippen LogP) is 11.8. The van der Waals surface area contributed by atoms with Gasteiger partial charge in [-0.25, -0.2) is 14.4 Å². The molecule has 6 nitrogen and oxygen atoms in total. The van der Waals surface area contributed by atoms with E-state index >= 15 is 0 Å². The van der Waals surface area contributed by atoms with Crippen LogP contribution < -0.4 is 0 Å². The van der Waals surface area contributed by atoms with Crippen LogP contribution in [0.25, 0.3) is 0 Å². The van der Waals surface area contributed by atoms with Gasteiger partial charge in [-0.05, 0) is 113 Å². The van der Waals surface area contributed by atoms with Gasteiger partial charge in [0.2, 0.25) is 0 Å². The van der Waals surface area contributed by atoms with Crippen molar-refractivity contribution in [2.24, 2.45) is 0 Å². The molecule has 0 atom stereocenters. The Kier molecular flexibility index (Phi) is 22.1. The van der Waals surface area contributed by atoms with Gasteiger partial charge in [0, 0.05) is 11.1 Å². The Hall–Kier alpha value is -3.15. The highest BCUT2D eigenvalue weighted by Gasteiger charge is 2.24. The van der Waals surface area contributed by atoms with E-state index in [1.807, 2.05) is 0 Å². The maximum atomic E-state index is 13.1. The molecule has 0 spiro atoms. The SMILES string of the molecule is C=C(C)C(=O)OCCOC(=O)C(=C)C.O=C(O)C(=C(C1=C/CCCCCCCC\1)/C1=C/CCCCCCCC1)/C1=C/CCCCCCCC1. The number of hydrogen-bond acceptors (Lipinski definition) is 5. The zero-order chi connectivity index (χ0) is 35.7. The first-order chi connectivity index (χ1) is 23.7. The van der Waals surface area contributed by atoms with Gasteiger partial charge in [-0.2, -0.15) is 0 Å². The highest BCUT2D eigenvalue weighted by Crippen LogP contribution is 2.37. The lowest BCUT2D eigenvalue weighted by molar-refractivity contribution is -0.147. The number of rotatable bonds is 9. The molecule has 3 aliphatic rings. The number of carboxylic acid groups (broad SMARTS) is 1. The van der Waals surface area contributed by atoms with Crippen LogP contribution in [-0.2, 0) is 23.9 Å². The quantitative estimate of drug-likeness (QED) is 0.148. The lowest BCUT2D eigenvalue weighted by Crippen LogP contribution is -2.14. The van der Waals surface area contributed by atoms with Gasteiger partial charge in [0.15, 0.2) is 0 Å². The molecule has 0 unspecified atom stereocenters. The first-order valence-electron chi connectivity index (χ1n) is 19.4. The lowest BCUT2D eigenvalue weighted by Gasteiger charge is -2.23. The molecule has 274 valence electrons. The van der Waals surface area contributed by atoms with Crippen molar-refractivity contribution in [3.8, 4) is 0 Å². The fourth-order valence-corrected chi connectivity index (χ4v) is 6.76. The third kappa shape index (κ3) is 17.9. The second-order valence-electron chi connectivity index (χ2n) is 14.1. The fraction of sp³-hybridized carbons (Fsp3) is 0.651. The average Bonchev–Trinajstić information content (AvgIpc) is 3.09. The molecule has 0 bridgehead atoms. The molecular formula is C43H66O6. The van der Waals surface area contributed by atoms with E-state index in [2.05, 4.69) is 40.9 Å². The maximum absolute atomic E-state index is 13.1. The highest BCUT2D eigenvalue weighted by atomic mass is 16.6. The normalized spacial score (nSPS) is 21.9. The Morgan fingerprint density at radius 1 is 0.531 bits per heavy atom. The molecular weight excluding hydrogens is 612 g/mol. The van der Waals surface area contributed by atoms with E-state index in [0.29, 0.717) is 16.7 Å². The largest absolute Gasteiger partial charge is 0.478 e. The van der Waals surface area contributed by atoms with Gasteiger partial charge < -0.3 is 14.6 Å². The Bertz CT molecular complexity index is 1130. The monoisotopic (exact) mass is 678 g/mol. The van der Waals surface area contributed by atoms with Crippen molar-refractivity contribution in [2.75, 3.05) is 13.2 Å². The number of ether oxygens (including phenoxy) is 2. The average molecular weight is 679 g/mol. The molecule has 0 aliphatic heterocycles. The summed E-state index contributed by atoms with van der Waals surface area (Å²) >= 11 is 0. The smallest absolute Gasteiger partial charge is 0.336 e. The highest BCUT2D eigenvalue weighted by molar-refractivity contribution is 5.95. The molecule has 0 aromatic carbocycles. The van der Waals surface area contributed by atoms with Gasteiger partial charge in [-0.3, -0.25) is 0 Å². The van der Waals surface area contributed by atoms with Crippen molar-refractivity contribution in [3.63, 3.8) is 0 Å². The number of carboxylic acids is 1. The van der Waals surface area contributed by atoms with Gasteiger partial charge in [0.05, 0.1) is 5.57 Å². The van der Waals surface area contributed by atoms with E-state index < -0.39 is 17.9 Å². The number of carbonyl (C=O) groups is 3. The summed E-state index contributed by atoms with van der Waals surface area (Å²) in [5.41, 5.74) is 6.27.